The maximum atomic E-state index is 11.9. The molecule has 0 bridgehead atoms. The number of nitrogens with zero attached hydrogens (tertiary/aromatic N) is 1. The first-order chi connectivity index (χ1) is 11.6. The fourth-order valence-corrected chi connectivity index (χ4v) is 3.09. The van der Waals surface area contributed by atoms with Crippen molar-refractivity contribution in [3.05, 3.63) is 63.3 Å². The molecule has 1 aromatic heterocycles. The van der Waals surface area contributed by atoms with Gasteiger partial charge in [-0.1, -0.05) is 29.8 Å². The molecular weight excluding hydrogens is 322 g/mol. The molecule has 2 rings (SSSR count). The first kappa shape index (κ1) is 18.3. The van der Waals surface area contributed by atoms with E-state index >= 15 is 0 Å². The molecule has 0 fully saturated rings. The highest BCUT2D eigenvalue weighted by atomic mass is 32.2. The second-order valence-electron chi connectivity index (χ2n) is 5.68. The molecule has 0 atom stereocenters. The quantitative estimate of drug-likeness (QED) is 0.720. The highest BCUT2D eigenvalue weighted by Crippen LogP contribution is 2.12. The van der Waals surface area contributed by atoms with E-state index in [0.717, 1.165) is 11.5 Å². The fraction of sp³-hybridized carbons (Fsp3) is 0.389. The van der Waals surface area contributed by atoms with Crippen molar-refractivity contribution < 1.29 is 4.79 Å². The van der Waals surface area contributed by atoms with E-state index in [1.807, 2.05) is 0 Å². The topological polar surface area (TPSA) is 74.8 Å². The van der Waals surface area contributed by atoms with Gasteiger partial charge in [0, 0.05) is 35.7 Å². The Labute approximate surface area is 146 Å². The van der Waals surface area contributed by atoms with Crippen molar-refractivity contribution in [2.75, 3.05) is 12.3 Å². The van der Waals surface area contributed by atoms with Crippen LogP contribution in [-0.2, 0) is 17.0 Å². The van der Waals surface area contributed by atoms with Gasteiger partial charge in [0.2, 0.25) is 5.91 Å². The highest BCUT2D eigenvalue weighted by molar-refractivity contribution is 7.98. The predicted octanol–water partition coefficient (Wildman–Crippen LogP) is 2.37. The average Bonchev–Trinajstić information content (AvgIpc) is 2.56. The standard InChI is InChI=1S/C18H23N3O2S/c1-13-3-5-15(6-4-13)11-24-10-9-19-17(22)8-7-16-14(2)20-12-21-18(16)23/h3-6,12H,7-11H2,1-2H3,(H,19,22)(H,20,21,23). The molecule has 24 heavy (non-hydrogen) atoms. The number of H-pyrrole nitrogens is 1. The number of hydrogen-bond donors (Lipinski definition) is 2. The van der Waals surface area contributed by atoms with Gasteiger partial charge in [0.1, 0.15) is 0 Å². The number of benzene rings is 1. The monoisotopic (exact) mass is 345 g/mol. The summed E-state index contributed by atoms with van der Waals surface area (Å²) in [7, 11) is 0. The van der Waals surface area contributed by atoms with Crippen LogP contribution < -0.4 is 10.9 Å². The van der Waals surface area contributed by atoms with Gasteiger partial charge >= 0.3 is 0 Å². The maximum absolute atomic E-state index is 11.9. The molecule has 5 nitrogen and oxygen atoms in total. The molecule has 0 aliphatic heterocycles. The number of thioether (sulfide) groups is 1. The van der Waals surface area contributed by atoms with E-state index < -0.39 is 0 Å². The Morgan fingerprint density at radius 3 is 2.71 bits per heavy atom. The third-order valence-electron chi connectivity index (χ3n) is 3.72. The number of aryl methyl sites for hydroxylation is 2. The zero-order chi connectivity index (χ0) is 17.4. The highest BCUT2D eigenvalue weighted by Gasteiger charge is 2.08. The summed E-state index contributed by atoms with van der Waals surface area (Å²) in [6.45, 7) is 4.50. The summed E-state index contributed by atoms with van der Waals surface area (Å²) >= 11 is 1.79. The Morgan fingerprint density at radius 2 is 2.00 bits per heavy atom. The smallest absolute Gasteiger partial charge is 0.254 e. The third-order valence-corrected chi connectivity index (χ3v) is 4.75. The van der Waals surface area contributed by atoms with Crippen LogP contribution in [0.1, 0.15) is 28.8 Å². The first-order valence-electron chi connectivity index (χ1n) is 7.99. The van der Waals surface area contributed by atoms with Crippen molar-refractivity contribution in [1.29, 1.82) is 0 Å². The van der Waals surface area contributed by atoms with Crippen LogP contribution in [0.15, 0.2) is 35.4 Å². The molecule has 0 saturated heterocycles. The average molecular weight is 345 g/mol. The predicted molar refractivity (Wildman–Crippen MR) is 98.3 cm³/mol. The van der Waals surface area contributed by atoms with E-state index in [1.54, 1.807) is 18.7 Å². The minimum atomic E-state index is -0.163. The second kappa shape index (κ2) is 9.27. The number of carbonyl (C=O) groups excluding carboxylic acids is 1. The van der Waals surface area contributed by atoms with Gasteiger partial charge in [0.25, 0.3) is 5.56 Å². The molecule has 0 saturated carbocycles. The van der Waals surface area contributed by atoms with Gasteiger partial charge < -0.3 is 10.3 Å². The number of carbonyl (C=O) groups is 1. The molecule has 1 amide bonds. The molecule has 1 heterocycles. The van der Waals surface area contributed by atoms with Gasteiger partial charge in [-0.2, -0.15) is 11.8 Å². The van der Waals surface area contributed by atoms with E-state index in [0.29, 0.717) is 30.6 Å². The Balaban J connectivity index is 1.63. The van der Waals surface area contributed by atoms with Gasteiger partial charge in [0.15, 0.2) is 0 Å². The zero-order valence-electron chi connectivity index (χ0n) is 14.1. The molecule has 0 aliphatic rings. The molecule has 2 aromatic rings. The number of amides is 1. The van der Waals surface area contributed by atoms with E-state index in [-0.39, 0.29) is 11.5 Å². The summed E-state index contributed by atoms with van der Waals surface area (Å²) in [6, 6.07) is 8.49. The minimum absolute atomic E-state index is 0.0337. The van der Waals surface area contributed by atoms with Crippen molar-refractivity contribution in [3.63, 3.8) is 0 Å². The summed E-state index contributed by atoms with van der Waals surface area (Å²) in [5.41, 5.74) is 3.66. The van der Waals surface area contributed by atoms with Gasteiger partial charge in [-0.05, 0) is 25.8 Å². The van der Waals surface area contributed by atoms with Crippen LogP contribution in [0.4, 0.5) is 0 Å². The summed E-state index contributed by atoms with van der Waals surface area (Å²) in [5.74, 6) is 1.78. The van der Waals surface area contributed by atoms with Crippen molar-refractivity contribution >= 4 is 17.7 Å². The lowest BCUT2D eigenvalue weighted by Gasteiger charge is -2.06. The first-order valence-corrected chi connectivity index (χ1v) is 9.15. The van der Waals surface area contributed by atoms with Crippen LogP contribution in [0.5, 0.6) is 0 Å². The number of aromatic amines is 1. The largest absolute Gasteiger partial charge is 0.355 e. The zero-order valence-corrected chi connectivity index (χ0v) is 14.9. The number of rotatable bonds is 8. The normalized spacial score (nSPS) is 10.6. The molecule has 0 aliphatic carbocycles. The second-order valence-corrected chi connectivity index (χ2v) is 6.79. The fourth-order valence-electron chi connectivity index (χ4n) is 2.28. The SMILES string of the molecule is Cc1ccc(CSCCNC(=O)CCc2c(C)nc[nH]c2=O)cc1. The van der Waals surface area contributed by atoms with Crippen LogP contribution in [-0.4, -0.2) is 28.2 Å². The van der Waals surface area contributed by atoms with Crippen molar-refractivity contribution in [1.82, 2.24) is 15.3 Å². The molecule has 1 aromatic carbocycles. The Kier molecular flexibility index (Phi) is 7.06. The lowest BCUT2D eigenvalue weighted by molar-refractivity contribution is -0.120. The molecule has 2 N–H and O–H groups in total. The molecule has 6 heteroatoms. The van der Waals surface area contributed by atoms with Gasteiger partial charge in [0.05, 0.1) is 6.33 Å². The summed E-state index contributed by atoms with van der Waals surface area (Å²) in [4.78, 5) is 30.1. The number of aromatic nitrogens is 2. The van der Waals surface area contributed by atoms with Crippen LogP contribution in [0.25, 0.3) is 0 Å². The lowest BCUT2D eigenvalue weighted by atomic mass is 10.1. The Morgan fingerprint density at radius 1 is 1.25 bits per heavy atom. The maximum Gasteiger partial charge on any atom is 0.254 e. The summed E-state index contributed by atoms with van der Waals surface area (Å²) < 4.78 is 0. The molecule has 0 radical (unpaired) electrons. The van der Waals surface area contributed by atoms with E-state index in [4.69, 9.17) is 0 Å². The third kappa shape index (κ3) is 5.85. The van der Waals surface area contributed by atoms with Crippen LogP contribution in [0.2, 0.25) is 0 Å². The van der Waals surface area contributed by atoms with Crippen molar-refractivity contribution in [3.8, 4) is 0 Å². The van der Waals surface area contributed by atoms with Gasteiger partial charge in [-0.25, -0.2) is 4.98 Å². The molecular formula is C18H23N3O2S. The van der Waals surface area contributed by atoms with Crippen molar-refractivity contribution in [2.24, 2.45) is 0 Å². The molecule has 128 valence electrons. The minimum Gasteiger partial charge on any atom is -0.355 e. The number of hydrogen-bond acceptors (Lipinski definition) is 4. The lowest BCUT2D eigenvalue weighted by Crippen LogP contribution is -2.27. The van der Waals surface area contributed by atoms with E-state index in [1.165, 1.54) is 17.5 Å². The van der Waals surface area contributed by atoms with E-state index in [9.17, 15) is 9.59 Å². The van der Waals surface area contributed by atoms with Gasteiger partial charge in [-0.15, -0.1) is 0 Å². The van der Waals surface area contributed by atoms with Crippen LogP contribution in [0.3, 0.4) is 0 Å². The Bertz CT molecular complexity index is 726. The van der Waals surface area contributed by atoms with Gasteiger partial charge in [-0.3, -0.25) is 9.59 Å². The van der Waals surface area contributed by atoms with Crippen molar-refractivity contribution in [2.45, 2.75) is 32.4 Å². The Hall–Kier alpha value is -2.08. The van der Waals surface area contributed by atoms with Crippen LogP contribution in [0, 0.1) is 13.8 Å². The summed E-state index contributed by atoms with van der Waals surface area (Å²) in [5, 5.41) is 2.89. The number of nitrogens with one attached hydrogen (secondary N) is 2. The van der Waals surface area contributed by atoms with Crippen LogP contribution >= 0.6 is 11.8 Å². The van der Waals surface area contributed by atoms with E-state index in [2.05, 4.69) is 46.5 Å². The molecule has 0 unspecified atom stereocenters. The molecule has 0 spiro atoms. The summed E-state index contributed by atoms with van der Waals surface area (Å²) in [6.07, 6.45) is 2.10.